The molecule has 1 aromatic heterocycles. The molecule has 0 spiro atoms. The number of esters is 1. The fourth-order valence-corrected chi connectivity index (χ4v) is 2.33. The Balaban J connectivity index is 1.91. The van der Waals surface area contributed by atoms with Gasteiger partial charge in [-0.15, -0.1) is 0 Å². The van der Waals surface area contributed by atoms with Crippen molar-refractivity contribution in [3.8, 4) is 11.8 Å². The van der Waals surface area contributed by atoms with Crippen LogP contribution in [0.5, 0.6) is 5.75 Å². The van der Waals surface area contributed by atoms with E-state index in [4.69, 9.17) is 14.7 Å². The highest BCUT2D eigenvalue weighted by Gasteiger charge is 2.20. The molecule has 0 bridgehead atoms. The molecule has 130 valence electrons. The van der Waals surface area contributed by atoms with Crippen LogP contribution in [-0.2, 0) is 16.6 Å². The zero-order chi connectivity index (χ0) is 18.6. The van der Waals surface area contributed by atoms with Crippen LogP contribution in [0, 0.1) is 25.2 Å². The Labute approximate surface area is 146 Å². The molecule has 1 heterocycles. The highest BCUT2D eigenvalue weighted by atomic mass is 16.6. The quantitative estimate of drug-likeness (QED) is 0.596. The van der Waals surface area contributed by atoms with Crippen molar-refractivity contribution in [3.63, 3.8) is 0 Å². The number of carbonyl (C=O) groups is 2. The highest BCUT2D eigenvalue weighted by Crippen LogP contribution is 2.15. The number of carbonyl (C=O) groups excluding carboxylic acids is 2. The van der Waals surface area contributed by atoms with E-state index in [1.165, 1.54) is 0 Å². The van der Waals surface area contributed by atoms with Gasteiger partial charge in [-0.3, -0.25) is 4.79 Å². The molecule has 0 N–H and O–H groups in total. The Bertz CT molecular complexity index is 828. The summed E-state index contributed by atoms with van der Waals surface area (Å²) in [5.41, 5.74) is 2.85. The maximum absolute atomic E-state index is 12.2. The van der Waals surface area contributed by atoms with Crippen molar-refractivity contribution in [2.24, 2.45) is 7.05 Å². The maximum atomic E-state index is 12.2. The molecule has 6 heteroatoms. The molecule has 0 unspecified atom stereocenters. The standard InChI is InChI=1S/C19H20N2O4/c1-12-9-17(13(2)21(12)4)18(22)11-24-19(23)14(3)25-16-7-5-15(10-20)6-8-16/h5-9,14H,11H2,1-4H3/t14-/m1/s1. The summed E-state index contributed by atoms with van der Waals surface area (Å²) in [5.74, 6) is -0.424. The van der Waals surface area contributed by atoms with Crippen molar-refractivity contribution in [2.45, 2.75) is 26.9 Å². The van der Waals surface area contributed by atoms with Crippen LogP contribution in [0.1, 0.15) is 34.2 Å². The Kier molecular flexibility index (Phi) is 5.60. The van der Waals surface area contributed by atoms with Gasteiger partial charge in [0.05, 0.1) is 11.6 Å². The van der Waals surface area contributed by atoms with Crippen molar-refractivity contribution in [1.82, 2.24) is 4.57 Å². The summed E-state index contributed by atoms with van der Waals surface area (Å²) in [6, 6.07) is 10.2. The summed E-state index contributed by atoms with van der Waals surface area (Å²) in [5, 5.41) is 8.75. The fourth-order valence-electron chi connectivity index (χ4n) is 2.33. The van der Waals surface area contributed by atoms with Gasteiger partial charge in [-0.05, 0) is 51.1 Å². The van der Waals surface area contributed by atoms with Crippen LogP contribution in [-0.4, -0.2) is 29.0 Å². The van der Waals surface area contributed by atoms with E-state index in [0.29, 0.717) is 16.9 Å². The third kappa shape index (κ3) is 4.27. The molecular weight excluding hydrogens is 320 g/mol. The lowest BCUT2D eigenvalue weighted by Crippen LogP contribution is -2.28. The van der Waals surface area contributed by atoms with Crippen molar-refractivity contribution >= 4 is 11.8 Å². The third-order valence-corrected chi connectivity index (χ3v) is 4.05. The van der Waals surface area contributed by atoms with Gasteiger partial charge in [0, 0.05) is 24.0 Å². The average Bonchev–Trinajstić information content (AvgIpc) is 2.87. The minimum Gasteiger partial charge on any atom is -0.479 e. The molecule has 0 aliphatic rings. The molecule has 0 saturated heterocycles. The molecule has 1 aromatic carbocycles. The normalized spacial score (nSPS) is 11.5. The van der Waals surface area contributed by atoms with Gasteiger partial charge in [-0.25, -0.2) is 4.79 Å². The van der Waals surface area contributed by atoms with Gasteiger partial charge in [-0.2, -0.15) is 5.26 Å². The van der Waals surface area contributed by atoms with E-state index in [0.717, 1.165) is 11.4 Å². The molecular formula is C19H20N2O4. The minimum atomic E-state index is -0.862. The number of aromatic nitrogens is 1. The van der Waals surface area contributed by atoms with E-state index in [2.05, 4.69) is 0 Å². The van der Waals surface area contributed by atoms with Crippen LogP contribution in [0.15, 0.2) is 30.3 Å². The molecule has 0 radical (unpaired) electrons. The molecule has 0 aliphatic heterocycles. The van der Waals surface area contributed by atoms with E-state index < -0.39 is 12.1 Å². The summed E-state index contributed by atoms with van der Waals surface area (Å²) in [6.07, 6.45) is -0.862. The summed E-state index contributed by atoms with van der Waals surface area (Å²) in [4.78, 5) is 24.2. The molecule has 25 heavy (non-hydrogen) atoms. The summed E-state index contributed by atoms with van der Waals surface area (Å²) < 4.78 is 12.4. The lowest BCUT2D eigenvalue weighted by molar-refractivity contribution is -0.149. The van der Waals surface area contributed by atoms with Crippen LogP contribution < -0.4 is 4.74 Å². The summed E-state index contributed by atoms with van der Waals surface area (Å²) >= 11 is 0. The zero-order valence-corrected chi connectivity index (χ0v) is 14.7. The van der Waals surface area contributed by atoms with E-state index in [-0.39, 0.29) is 12.4 Å². The van der Waals surface area contributed by atoms with E-state index >= 15 is 0 Å². The molecule has 2 rings (SSSR count). The second kappa shape index (κ2) is 7.67. The van der Waals surface area contributed by atoms with Gasteiger partial charge in [0.25, 0.3) is 0 Å². The van der Waals surface area contributed by atoms with Gasteiger partial charge in [0.15, 0.2) is 12.7 Å². The van der Waals surface area contributed by atoms with E-state index in [1.54, 1.807) is 37.3 Å². The Morgan fingerprint density at radius 3 is 2.40 bits per heavy atom. The first kappa shape index (κ1) is 18.3. The lowest BCUT2D eigenvalue weighted by Gasteiger charge is -2.13. The summed E-state index contributed by atoms with van der Waals surface area (Å²) in [7, 11) is 1.88. The van der Waals surface area contributed by atoms with Crippen LogP contribution in [0.25, 0.3) is 0 Å². The van der Waals surface area contributed by atoms with Gasteiger partial charge in [0.1, 0.15) is 5.75 Å². The molecule has 0 aliphatic carbocycles. The van der Waals surface area contributed by atoms with E-state index in [1.807, 2.05) is 31.5 Å². The lowest BCUT2D eigenvalue weighted by atomic mass is 10.1. The second-order valence-corrected chi connectivity index (χ2v) is 5.77. The van der Waals surface area contributed by atoms with Crippen LogP contribution in [0.2, 0.25) is 0 Å². The number of hydrogen-bond donors (Lipinski definition) is 0. The highest BCUT2D eigenvalue weighted by molar-refractivity contribution is 5.99. The third-order valence-electron chi connectivity index (χ3n) is 4.05. The number of ketones is 1. The predicted octanol–water partition coefficient (Wildman–Crippen LogP) is 2.71. The number of benzene rings is 1. The second-order valence-electron chi connectivity index (χ2n) is 5.77. The Morgan fingerprint density at radius 1 is 1.24 bits per heavy atom. The van der Waals surface area contributed by atoms with Gasteiger partial charge in [-0.1, -0.05) is 0 Å². The first-order valence-corrected chi connectivity index (χ1v) is 7.83. The number of rotatable bonds is 6. The molecule has 6 nitrogen and oxygen atoms in total. The van der Waals surface area contributed by atoms with Crippen LogP contribution in [0.3, 0.4) is 0 Å². The monoisotopic (exact) mass is 340 g/mol. The van der Waals surface area contributed by atoms with Crippen molar-refractivity contribution in [1.29, 1.82) is 5.26 Å². The van der Waals surface area contributed by atoms with Crippen LogP contribution in [0.4, 0.5) is 0 Å². The van der Waals surface area contributed by atoms with Crippen molar-refractivity contribution in [3.05, 3.63) is 52.8 Å². The van der Waals surface area contributed by atoms with Crippen LogP contribution >= 0.6 is 0 Å². The number of Topliss-reactive ketones (excluding diaryl/α,β-unsaturated/α-hetero) is 1. The largest absolute Gasteiger partial charge is 0.479 e. The average molecular weight is 340 g/mol. The first-order chi connectivity index (χ1) is 11.8. The van der Waals surface area contributed by atoms with Gasteiger partial charge >= 0.3 is 5.97 Å². The zero-order valence-electron chi connectivity index (χ0n) is 14.7. The van der Waals surface area contributed by atoms with E-state index in [9.17, 15) is 9.59 Å². The summed E-state index contributed by atoms with van der Waals surface area (Å²) in [6.45, 7) is 4.97. The maximum Gasteiger partial charge on any atom is 0.347 e. The Morgan fingerprint density at radius 2 is 1.88 bits per heavy atom. The number of nitrogens with zero attached hydrogens (tertiary/aromatic N) is 2. The molecule has 2 aromatic rings. The molecule has 0 fully saturated rings. The topological polar surface area (TPSA) is 81.3 Å². The minimum absolute atomic E-state index is 0.250. The Hall–Kier alpha value is -3.07. The predicted molar refractivity (Wildman–Crippen MR) is 91.4 cm³/mol. The fraction of sp³-hybridized carbons (Fsp3) is 0.316. The first-order valence-electron chi connectivity index (χ1n) is 7.83. The van der Waals surface area contributed by atoms with Crippen molar-refractivity contribution < 1.29 is 19.1 Å². The number of aryl methyl sites for hydroxylation is 1. The SMILES string of the molecule is Cc1cc(C(=O)COC(=O)[C@@H](C)Oc2ccc(C#N)cc2)c(C)n1C. The molecule has 0 saturated carbocycles. The van der Waals surface area contributed by atoms with Gasteiger partial charge in [0.2, 0.25) is 5.78 Å². The number of ether oxygens (including phenoxy) is 2. The smallest absolute Gasteiger partial charge is 0.347 e. The molecule has 0 amide bonds. The number of hydrogen-bond acceptors (Lipinski definition) is 5. The molecule has 1 atom stereocenters. The van der Waals surface area contributed by atoms with Crippen molar-refractivity contribution in [2.75, 3.05) is 6.61 Å². The number of nitriles is 1. The van der Waals surface area contributed by atoms with Gasteiger partial charge < -0.3 is 14.0 Å².